The molecule has 0 amide bonds. The Morgan fingerprint density at radius 1 is 1.00 bits per heavy atom. The van der Waals surface area contributed by atoms with E-state index >= 15 is 0 Å². The number of primary sulfonamides is 1. The average Bonchev–Trinajstić information content (AvgIpc) is 2.54. The highest BCUT2D eigenvalue weighted by atomic mass is 32.2. The maximum absolute atomic E-state index is 12.3. The van der Waals surface area contributed by atoms with Gasteiger partial charge in [-0.2, -0.15) is 0 Å². The van der Waals surface area contributed by atoms with Crippen LogP contribution in [0.1, 0.15) is 15.9 Å². The maximum atomic E-state index is 12.3. The van der Waals surface area contributed by atoms with E-state index in [1.807, 2.05) is 0 Å². The second-order valence-corrected chi connectivity index (χ2v) is 8.42. The third kappa shape index (κ3) is 5.28. The number of anilines is 1. The predicted molar refractivity (Wildman–Crippen MR) is 91.8 cm³/mol. The molecule has 8 nitrogen and oxygen atoms in total. The summed E-state index contributed by atoms with van der Waals surface area (Å²) in [6.07, 6.45) is 0. The molecule has 0 saturated heterocycles. The first-order valence-corrected chi connectivity index (χ1v) is 10.1. The molecule has 2 rings (SSSR count). The number of nitrogens with one attached hydrogen (secondary N) is 1. The van der Waals surface area contributed by atoms with Gasteiger partial charge in [0.1, 0.15) is 0 Å². The van der Waals surface area contributed by atoms with Crippen LogP contribution in [-0.2, 0) is 30.5 Å². The third-order valence-corrected chi connectivity index (χ3v) is 5.29. The normalized spacial score (nSPS) is 11.8. The summed E-state index contributed by atoms with van der Waals surface area (Å²) in [6.45, 7) is 0. The number of esters is 1. The van der Waals surface area contributed by atoms with E-state index in [0.717, 1.165) is 0 Å². The molecule has 0 spiro atoms. The van der Waals surface area contributed by atoms with Crippen LogP contribution in [0.4, 0.5) is 5.69 Å². The minimum atomic E-state index is -3.86. The molecule has 134 valence electrons. The van der Waals surface area contributed by atoms with Crippen LogP contribution in [0.2, 0.25) is 0 Å². The Hall–Kier alpha value is -2.43. The van der Waals surface area contributed by atoms with Gasteiger partial charge in [-0.3, -0.25) is 4.72 Å². The van der Waals surface area contributed by atoms with Gasteiger partial charge >= 0.3 is 5.97 Å². The molecule has 0 atom stereocenters. The van der Waals surface area contributed by atoms with E-state index in [0.29, 0.717) is 5.56 Å². The Morgan fingerprint density at radius 3 is 2.04 bits per heavy atom. The molecule has 10 heteroatoms. The van der Waals surface area contributed by atoms with Crippen LogP contribution < -0.4 is 9.86 Å². The zero-order valence-electron chi connectivity index (χ0n) is 13.2. The van der Waals surface area contributed by atoms with Crippen LogP contribution in [-0.4, -0.2) is 29.9 Å². The highest BCUT2D eigenvalue weighted by molar-refractivity contribution is 7.92. The van der Waals surface area contributed by atoms with Gasteiger partial charge in [-0.25, -0.2) is 26.8 Å². The van der Waals surface area contributed by atoms with Crippen molar-refractivity contribution in [3.8, 4) is 0 Å². The van der Waals surface area contributed by atoms with Crippen molar-refractivity contribution in [3.63, 3.8) is 0 Å². The summed E-state index contributed by atoms with van der Waals surface area (Å²) in [5.74, 6) is -0.906. The van der Waals surface area contributed by atoms with Gasteiger partial charge in [0.05, 0.1) is 23.3 Å². The molecule has 0 aromatic heterocycles. The van der Waals surface area contributed by atoms with Crippen LogP contribution in [0.25, 0.3) is 0 Å². The zero-order valence-corrected chi connectivity index (χ0v) is 14.8. The number of carbonyl (C=O) groups is 1. The topological polar surface area (TPSA) is 133 Å². The fraction of sp³-hybridized carbons (Fsp3) is 0.133. The molecule has 2 aromatic rings. The van der Waals surface area contributed by atoms with Crippen molar-refractivity contribution in [2.24, 2.45) is 5.14 Å². The Balaban J connectivity index is 2.17. The fourth-order valence-corrected chi connectivity index (χ4v) is 3.72. The van der Waals surface area contributed by atoms with Crippen LogP contribution >= 0.6 is 0 Å². The van der Waals surface area contributed by atoms with Crippen molar-refractivity contribution in [2.45, 2.75) is 10.6 Å². The third-order valence-electron chi connectivity index (χ3n) is 3.16. The second-order valence-electron chi connectivity index (χ2n) is 5.13. The Morgan fingerprint density at radius 2 is 1.56 bits per heavy atom. The molecular formula is C15H16N2O6S2. The Bertz CT molecular complexity index is 966. The molecule has 0 unspecified atom stereocenters. The fourth-order valence-electron chi connectivity index (χ4n) is 2.00. The van der Waals surface area contributed by atoms with Gasteiger partial charge < -0.3 is 4.74 Å². The first-order valence-electron chi connectivity index (χ1n) is 6.91. The molecule has 0 radical (unpaired) electrons. The molecule has 0 fully saturated rings. The first kappa shape index (κ1) is 18.9. The van der Waals surface area contributed by atoms with Gasteiger partial charge in [-0.15, -0.1) is 0 Å². The summed E-state index contributed by atoms with van der Waals surface area (Å²) in [5, 5.41) is 4.95. The molecular weight excluding hydrogens is 368 g/mol. The van der Waals surface area contributed by atoms with Crippen molar-refractivity contribution < 1.29 is 26.4 Å². The number of hydrogen-bond acceptors (Lipinski definition) is 6. The molecule has 3 N–H and O–H groups in total. The van der Waals surface area contributed by atoms with Crippen LogP contribution in [0, 0.1) is 0 Å². The van der Waals surface area contributed by atoms with E-state index in [1.165, 1.54) is 55.6 Å². The lowest BCUT2D eigenvalue weighted by molar-refractivity contribution is 0.0600. The SMILES string of the molecule is COC(=O)c1ccc(S(=O)(=O)Nc2ccc(CS(N)(=O)=O)cc2)cc1. The van der Waals surface area contributed by atoms with Crippen molar-refractivity contribution in [2.75, 3.05) is 11.8 Å². The summed E-state index contributed by atoms with van der Waals surface area (Å²) in [6, 6.07) is 11.0. The van der Waals surface area contributed by atoms with Crippen molar-refractivity contribution in [1.82, 2.24) is 0 Å². The molecule has 0 aliphatic heterocycles. The van der Waals surface area contributed by atoms with Crippen LogP contribution in [0.5, 0.6) is 0 Å². The van der Waals surface area contributed by atoms with Gasteiger partial charge in [0.15, 0.2) is 0 Å². The van der Waals surface area contributed by atoms with Gasteiger partial charge in [-0.1, -0.05) is 12.1 Å². The lowest BCUT2D eigenvalue weighted by atomic mass is 10.2. The van der Waals surface area contributed by atoms with E-state index in [2.05, 4.69) is 9.46 Å². The Kier molecular flexibility index (Phi) is 5.45. The number of nitrogens with two attached hydrogens (primary N) is 1. The van der Waals surface area contributed by atoms with Crippen molar-refractivity contribution in [3.05, 3.63) is 59.7 Å². The number of ether oxygens (including phenoxy) is 1. The lowest BCUT2D eigenvalue weighted by Crippen LogP contribution is -2.15. The first-order chi connectivity index (χ1) is 11.6. The zero-order chi connectivity index (χ0) is 18.7. The molecule has 2 aromatic carbocycles. The number of carbonyl (C=O) groups excluding carboxylic acids is 1. The average molecular weight is 384 g/mol. The molecule has 0 aliphatic rings. The predicted octanol–water partition coefficient (Wildman–Crippen LogP) is 1.06. The summed E-state index contributed by atoms with van der Waals surface area (Å²) < 4.78 is 53.6. The second kappa shape index (κ2) is 7.21. The highest BCUT2D eigenvalue weighted by Gasteiger charge is 2.15. The molecule has 0 saturated carbocycles. The largest absolute Gasteiger partial charge is 0.465 e. The standard InChI is InChI=1S/C15H16N2O6S2/c1-23-15(18)12-4-8-14(9-5-12)25(21,22)17-13-6-2-11(3-7-13)10-24(16,19)20/h2-9,17H,10H2,1H3,(H2,16,19,20). The number of hydrogen-bond donors (Lipinski definition) is 2. The number of methoxy groups -OCH3 is 1. The Labute approximate surface area is 145 Å². The van der Waals surface area contributed by atoms with E-state index in [4.69, 9.17) is 5.14 Å². The number of rotatable bonds is 6. The minimum absolute atomic E-state index is 0.0336. The molecule has 0 heterocycles. The molecule has 25 heavy (non-hydrogen) atoms. The van der Waals surface area contributed by atoms with Gasteiger partial charge in [-0.05, 0) is 42.0 Å². The van der Waals surface area contributed by atoms with E-state index < -0.39 is 26.0 Å². The summed E-state index contributed by atoms with van der Waals surface area (Å²) in [5.41, 5.74) is 0.928. The summed E-state index contributed by atoms with van der Waals surface area (Å²) >= 11 is 0. The number of sulfonamides is 2. The summed E-state index contributed by atoms with van der Waals surface area (Å²) in [7, 11) is -6.28. The number of benzene rings is 2. The highest BCUT2D eigenvalue weighted by Crippen LogP contribution is 2.18. The quantitative estimate of drug-likeness (QED) is 0.716. The van der Waals surface area contributed by atoms with Crippen LogP contribution in [0.3, 0.4) is 0 Å². The monoisotopic (exact) mass is 384 g/mol. The van der Waals surface area contributed by atoms with Gasteiger partial charge in [0, 0.05) is 5.69 Å². The van der Waals surface area contributed by atoms with E-state index in [9.17, 15) is 21.6 Å². The van der Waals surface area contributed by atoms with Crippen molar-refractivity contribution >= 4 is 31.7 Å². The minimum Gasteiger partial charge on any atom is -0.465 e. The van der Waals surface area contributed by atoms with Crippen molar-refractivity contribution in [1.29, 1.82) is 0 Å². The lowest BCUT2D eigenvalue weighted by Gasteiger charge is -2.09. The maximum Gasteiger partial charge on any atom is 0.337 e. The van der Waals surface area contributed by atoms with E-state index in [1.54, 1.807) is 0 Å². The van der Waals surface area contributed by atoms with Crippen LogP contribution in [0.15, 0.2) is 53.4 Å². The summed E-state index contributed by atoms with van der Waals surface area (Å²) in [4.78, 5) is 11.3. The van der Waals surface area contributed by atoms with Gasteiger partial charge in [0.25, 0.3) is 10.0 Å². The molecule has 0 bridgehead atoms. The van der Waals surface area contributed by atoms with E-state index in [-0.39, 0.29) is 21.9 Å². The smallest absolute Gasteiger partial charge is 0.337 e. The molecule has 0 aliphatic carbocycles. The van der Waals surface area contributed by atoms with Gasteiger partial charge in [0.2, 0.25) is 10.0 Å².